The van der Waals surface area contributed by atoms with Gasteiger partial charge in [0.25, 0.3) is 0 Å². The first-order valence-corrected chi connectivity index (χ1v) is 5.72. The van der Waals surface area contributed by atoms with Gasteiger partial charge in [-0.05, 0) is 30.5 Å². The number of halogens is 2. The van der Waals surface area contributed by atoms with Crippen LogP contribution in [0, 0.1) is 24.6 Å². The summed E-state index contributed by atoms with van der Waals surface area (Å²) in [5.74, 6) is -0.266. The van der Waals surface area contributed by atoms with Crippen LogP contribution >= 0.6 is 11.6 Å². The normalized spacial score (nSPS) is 12.9. The van der Waals surface area contributed by atoms with Crippen LogP contribution in [0.25, 0.3) is 0 Å². The molecular formula is C13H16ClFO. The topological polar surface area (TPSA) is 17.1 Å². The van der Waals surface area contributed by atoms with E-state index in [1.807, 2.05) is 20.8 Å². The Morgan fingerprint density at radius 1 is 1.31 bits per heavy atom. The van der Waals surface area contributed by atoms with E-state index in [0.29, 0.717) is 11.1 Å². The standard InChI is InChI=1S/C13H16ClFO/c1-7(2)9(4)13(16)10-5-8(3)12(15)6-11(10)14/h5-7,9H,1-4H3. The Hall–Kier alpha value is -0.890. The van der Waals surface area contributed by atoms with Crippen molar-refractivity contribution in [3.63, 3.8) is 0 Å². The maximum absolute atomic E-state index is 13.2. The highest BCUT2D eigenvalue weighted by Gasteiger charge is 2.21. The molecule has 0 aliphatic rings. The summed E-state index contributed by atoms with van der Waals surface area (Å²) in [6, 6.07) is 2.73. The molecule has 1 rings (SSSR count). The number of carbonyl (C=O) groups is 1. The minimum absolute atomic E-state index is 0.0249. The first-order valence-electron chi connectivity index (χ1n) is 5.34. The Morgan fingerprint density at radius 2 is 1.88 bits per heavy atom. The molecule has 0 fully saturated rings. The van der Waals surface area contributed by atoms with Crippen LogP contribution in [0.15, 0.2) is 12.1 Å². The molecule has 0 radical (unpaired) electrons. The summed E-state index contributed by atoms with van der Waals surface area (Å²) in [4.78, 5) is 12.1. The molecule has 0 aliphatic heterocycles. The first-order chi connectivity index (χ1) is 7.34. The van der Waals surface area contributed by atoms with E-state index in [9.17, 15) is 9.18 Å². The highest BCUT2D eigenvalue weighted by Crippen LogP contribution is 2.25. The number of rotatable bonds is 3. The zero-order chi connectivity index (χ0) is 12.5. The minimum atomic E-state index is -0.376. The lowest BCUT2D eigenvalue weighted by Gasteiger charge is -2.15. The smallest absolute Gasteiger partial charge is 0.167 e. The monoisotopic (exact) mass is 242 g/mol. The van der Waals surface area contributed by atoms with Gasteiger partial charge in [0, 0.05) is 11.5 Å². The molecule has 3 heteroatoms. The van der Waals surface area contributed by atoms with Crippen molar-refractivity contribution >= 4 is 17.4 Å². The Morgan fingerprint density at radius 3 is 2.38 bits per heavy atom. The SMILES string of the molecule is Cc1cc(C(=O)C(C)C(C)C)c(Cl)cc1F. The summed E-state index contributed by atoms with van der Waals surface area (Å²) in [5, 5.41) is 0.195. The van der Waals surface area contributed by atoms with E-state index >= 15 is 0 Å². The van der Waals surface area contributed by atoms with Gasteiger partial charge in [-0.2, -0.15) is 0 Å². The van der Waals surface area contributed by atoms with Gasteiger partial charge < -0.3 is 0 Å². The van der Waals surface area contributed by atoms with E-state index < -0.39 is 0 Å². The second-order valence-electron chi connectivity index (χ2n) is 4.48. The zero-order valence-electron chi connectivity index (χ0n) is 9.97. The molecule has 1 nitrogen and oxygen atoms in total. The lowest BCUT2D eigenvalue weighted by molar-refractivity contribution is 0.0900. The van der Waals surface area contributed by atoms with E-state index in [-0.39, 0.29) is 28.5 Å². The molecule has 1 aromatic rings. The van der Waals surface area contributed by atoms with E-state index in [4.69, 9.17) is 11.6 Å². The zero-order valence-corrected chi connectivity index (χ0v) is 10.7. The van der Waals surface area contributed by atoms with Crippen LogP contribution in [0.2, 0.25) is 5.02 Å². The van der Waals surface area contributed by atoms with Gasteiger partial charge in [-0.1, -0.05) is 32.4 Å². The minimum Gasteiger partial charge on any atom is -0.294 e. The van der Waals surface area contributed by atoms with Crippen LogP contribution in [0.1, 0.15) is 36.7 Å². The van der Waals surface area contributed by atoms with Gasteiger partial charge in [0.15, 0.2) is 5.78 Å². The molecule has 0 saturated carbocycles. The lowest BCUT2D eigenvalue weighted by atomic mass is 9.89. The molecule has 0 heterocycles. The molecule has 0 aliphatic carbocycles. The van der Waals surface area contributed by atoms with E-state index in [2.05, 4.69) is 0 Å². The fourth-order valence-electron chi connectivity index (χ4n) is 1.39. The third-order valence-electron chi connectivity index (χ3n) is 2.93. The van der Waals surface area contributed by atoms with Crippen molar-refractivity contribution in [2.45, 2.75) is 27.7 Å². The Bertz CT molecular complexity index is 413. The highest BCUT2D eigenvalue weighted by molar-refractivity contribution is 6.34. The van der Waals surface area contributed by atoms with Crippen molar-refractivity contribution in [1.29, 1.82) is 0 Å². The van der Waals surface area contributed by atoms with Gasteiger partial charge in [-0.3, -0.25) is 4.79 Å². The van der Waals surface area contributed by atoms with Crippen molar-refractivity contribution in [3.8, 4) is 0 Å². The molecule has 0 amide bonds. The third kappa shape index (κ3) is 2.62. The number of carbonyl (C=O) groups excluding carboxylic acids is 1. The average Bonchev–Trinajstić information content (AvgIpc) is 2.21. The molecule has 0 aromatic heterocycles. The van der Waals surface area contributed by atoms with Gasteiger partial charge >= 0.3 is 0 Å². The summed E-state index contributed by atoms with van der Waals surface area (Å²) in [6.07, 6.45) is 0. The fourth-order valence-corrected chi connectivity index (χ4v) is 1.64. The second kappa shape index (κ2) is 4.96. The van der Waals surface area contributed by atoms with Gasteiger partial charge in [-0.15, -0.1) is 0 Å². The molecule has 1 atom stereocenters. The molecule has 88 valence electrons. The molecule has 1 aromatic carbocycles. The van der Waals surface area contributed by atoms with Crippen LogP contribution in [0.3, 0.4) is 0 Å². The van der Waals surface area contributed by atoms with Gasteiger partial charge in [0.1, 0.15) is 5.82 Å². The van der Waals surface area contributed by atoms with E-state index in [0.717, 1.165) is 0 Å². The summed E-state index contributed by atoms with van der Waals surface area (Å²) in [5.41, 5.74) is 0.866. The van der Waals surface area contributed by atoms with Gasteiger partial charge in [-0.25, -0.2) is 4.39 Å². The van der Waals surface area contributed by atoms with Crippen LogP contribution in [-0.4, -0.2) is 5.78 Å². The number of aryl methyl sites for hydroxylation is 1. The van der Waals surface area contributed by atoms with E-state index in [1.165, 1.54) is 12.1 Å². The van der Waals surface area contributed by atoms with Crippen LogP contribution in [0.5, 0.6) is 0 Å². The lowest BCUT2D eigenvalue weighted by Crippen LogP contribution is -2.17. The fraction of sp³-hybridized carbons (Fsp3) is 0.462. The molecule has 0 bridgehead atoms. The van der Waals surface area contributed by atoms with Crippen molar-refractivity contribution in [3.05, 3.63) is 34.1 Å². The number of hydrogen-bond acceptors (Lipinski definition) is 1. The summed E-state index contributed by atoms with van der Waals surface area (Å²) in [7, 11) is 0. The Balaban J connectivity index is 3.14. The van der Waals surface area contributed by atoms with Crippen molar-refractivity contribution in [2.24, 2.45) is 11.8 Å². The van der Waals surface area contributed by atoms with Crippen molar-refractivity contribution in [2.75, 3.05) is 0 Å². The average molecular weight is 243 g/mol. The molecule has 0 spiro atoms. The summed E-state index contributed by atoms with van der Waals surface area (Å²) < 4.78 is 13.2. The third-order valence-corrected chi connectivity index (χ3v) is 3.24. The van der Waals surface area contributed by atoms with Crippen LogP contribution in [-0.2, 0) is 0 Å². The van der Waals surface area contributed by atoms with Crippen LogP contribution in [0.4, 0.5) is 4.39 Å². The Labute approximate surface area is 101 Å². The van der Waals surface area contributed by atoms with Crippen LogP contribution < -0.4 is 0 Å². The maximum atomic E-state index is 13.2. The number of Topliss-reactive ketones (excluding diaryl/α,β-unsaturated/α-hetero) is 1. The quantitative estimate of drug-likeness (QED) is 0.724. The predicted molar refractivity (Wildman–Crippen MR) is 64.5 cm³/mol. The summed E-state index contributed by atoms with van der Waals surface area (Å²) >= 11 is 5.88. The number of ketones is 1. The van der Waals surface area contributed by atoms with Crippen molar-refractivity contribution in [1.82, 2.24) is 0 Å². The Kier molecular flexibility index (Phi) is 4.09. The first kappa shape index (κ1) is 13.2. The van der Waals surface area contributed by atoms with Crippen molar-refractivity contribution < 1.29 is 9.18 Å². The highest BCUT2D eigenvalue weighted by atomic mass is 35.5. The molecule has 0 N–H and O–H groups in total. The van der Waals surface area contributed by atoms with Gasteiger partial charge in [0.2, 0.25) is 0 Å². The van der Waals surface area contributed by atoms with Gasteiger partial charge in [0.05, 0.1) is 5.02 Å². The molecule has 16 heavy (non-hydrogen) atoms. The predicted octanol–water partition coefficient (Wildman–Crippen LogP) is 4.26. The maximum Gasteiger partial charge on any atom is 0.167 e. The second-order valence-corrected chi connectivity index (χ2v) is 4.89. The molecule has 0 saturated heterocycles. The number of benzene rings is 1. The molecular weight excluding hydrogens is 227 g/mol. The van der Waals surface area contributed by atoms with E-state index in [1.54, 1.807) is 6.92 Å². The largest absolute Gasteiger partial charge is 0.294 e. The summed E-state index contributed by atoms with van der Waals surface area (Å²) in [6.45, 7) is 7.45. The number of hydrogen-bond donors (Lipinski definition) is 0. The molecule has 1 unspecified atom stereocenters.